The van der Waals surface area contributed by atoms with Crippen LogP contribution in [0.25, 0.3) is 83.9 Å². The summed E-state index contributed by atoms with van der Waals surface area (Å²) in [6.07, 6.45) is 0. The van der Waals surface area contributed by atoms with Gasteiger partial charge in [0.25, 0.3) is 0 Å². The van der Waals surface area contributed by atoms with Crippen molar-refractivity contribution < 1.29 is 0 Å². The van der Waals surface area contributed by atoms with E-state index in [1.807, 2.05) is 60.7 Å². The minimum absolute atomic E-state index is 0.636. The van der Waals surface area contributed by atoms with Crippen LogP contribution in [-0.4, -0.2) is 19.5 Å². The molecular weight excluding hydrogens is 621 g/mol. The first-order valence-electron chi connectivity index (χ1n) is 17.3. The summed E-state index contributed by atoms with van der Waals surface area (Å²) in [6.45, 7) is 4.42. The van der Waals surface area contributed by atoms with Crippen LogP contribution in [0.15, 0.2) is 170 Å². The predicted molar refractivity (Wildman–Crippen MR) is 211 cm³/mol. The summed E-state index contributed by atoms with van der Waals surface area (Å²) in [5.74, 6) is 1.93. The molecule has 0 atom stereocenters. The SMILES string of the molecule is Cc1ccccc1-c1c(C)ccc2c3ccccc3n(-c3ccccc3-c3cccc(-c4nc(-c5ccccc5)nc(-c5ccccc5)n4)c3)c12. The summed E-state index contributed by atoms with van der Waals surface area (Å²) in [4.78, 5) is 15.0. The van der Waals surface area contributed by atoms with Gasteiger partial charge in [-0.15, -0.1) is 0 Å². The van der Waals surface area contributed by atoms with Crippen molar-refractivity contribution in [3.05, 3.63) is 181 Å². The van der Waals surface area contributed by atoms with Gasteiger partial charge in [-0.25, -0.2) is 15.0 Å². The van der Waals surface area contributed by atoms with Gasteiger partial charge in [0, 0.05) is 38.6 Å². The van der Waals surface area contributed by atoms with Crippen molar-refractivity contribution in [3.63, 3.8) is 0 Å². The molecule has 0 aliphatic carbocycles. The van der Waals surface area contributed by atoms with E-state index in [2.05, 4.69) is 128 Å². The minimum atomic E-state index is 0.636. The fourth-order valence-corrected chi connectivity index (χ4v) is 7.28. The van der Waals surface area contributed by atoms with Crippen molar-refractivity contribution in [1.82, 2.24) is 19.5 Å². The summed E-state index contributed by atoms with van der Waals surface area (Å²) < 4.78 is 2.46. The number of fused-ring (bicyclic) bond motifs is 3. The number of rotatable bonds is 6. The number of hydrogen-bond acceptors (Lipinski definition) is 3. The quantitative estimate of drug-likeness (QED) is 0.179. The zero-order valence-corrected chi connectivity index (χ0v) is 28.5. The van der Waals surface area contributed by atoms with Gasteiger partial charge >= 0.3 is 0 Å². The molecule has 0 N–H and O–H groups in total. The van der Waals surface area contributed by atoms with Gasteiger partial charge in [0.05, 0.1) is 16.7 Å². The van der Waals surface area contributed by atoms with Gasteiger partial charge in [0.1, 0.15) is 0 Å². The number of hydrogen-bond donors (Lipinski definition) is 0. The Morgan fingerprint density at radius 1 is 0.392 bits per heavy atom. The summed E-state index contributed by atoms with van der Waals surface area (Å²) in [5.41, 5.74) is 13.6. The normalized spacial score (nSPS) is 11.3. The number of aryl methyl sites for hydroxylation is 2. The molecule has 7 aromatic carbocycles. The molecule has 0 saturated heterocycles. The fourth-order valence-electron chi connectivity index (χ4n) is 7.28. The number of benzene rings is 7. The van der Waals surface area contributed by atoms with Gasteiger partial charge < -0.3 is 4.57 Å². The van der Waals surface area contributed by atoms with E-state index in [4.69, 9.17) is 15.0 Å². The second-order valence-corrected chi connectivity index (χ2v) is 13.0. The van der Waals surface area contributed by atoms with Crippen molar-refractivity contribution in [2.45, 2.75) is 13.8 Å². The summed E-state index contributed by atoms with van der Waals surface area (Å²) in [5, 5.41) is 2.48. The smallest absolute Gasteiger partial charge is 0.164 e. The van der Waals surface area contributed by atoms with Crippen molar-refractivity contribution >= 4 is 21.8 Å². The first-order chi connectivity index (χ1) is 25.1. The molecule has 9 aromatic rings. The third-order valence-electron chi connectivity index (χ3n) is 9.74. The standard InChI is InChI=1S/C47H34N4/c1-31-16-9-10-23-37(31)43-32(2)28-29-40-39-25-12-14-27-42(39)51(44(40)43)41-26-13-11-24-38(41)35-21-15-22-36(30-35)47-49-45(33-17-5-3-6-18-33)48-46(50-47)34-19-7-4-8-20-34/h3-30H,1-2H3. The van der Waals surface area contributed by atoms with Crippen molar-refractivity contribution in [1.29, 1.82) is 0 Å². The first-order valence-corrected chi connectivity index (χ1v) is 17.3. The van der Waals surface area contributed by atoms with Gasteiger partial charge in [-0.3, -0.25) is 0 Å². The molecule has 242 valence electrons. The zero-order valence-electron chi connectivity index (χ0n) is 28.5. The first kappa shape index (κ1) is 30.4. The van der Waals surface area contributed by atoms with Crippen molar-refractivity contribution in [2.75, 3.05) is 0 Å². The molecule has 2 aromatic heterocycles. The average molecular weight is 655 g/mol. The Labute approximate surface area is 297 Å². The van der Waals surface area contributed by atoms with Crippen molar-refractivity contribution in [3.8, 4) is 62.1 Å². The van der Waals surface area contributed by atoms with Crippen LogP contribution >= 0.6 is 0 Å². The van der Waals surface area contributed by atoms with E-state index in [0.29, 0.717) is 17.5 Å². The fraction of sp³-hybridized carbons (Fsp3) is 0.0426. The van der Waals surface area contributed by atoms with Crippen LogP contribution in [0.5, 0.6) is 0 Å². The Balaban J connectivity index is 1.26. The highest BCUT2D eigenvalue weighted by Gasteiger charge is 2.21. The molecule has 0 fully saturated rings. The molecule has 4 heteroatoms. The van der Waals surface area contributed by atoms with Crippen LogP contribution in [-0.2, 0) is 0 Å². The lowest BCUT2D eigenvalue weighted by atomic mass is 9.94. The molecule has 0 amide bonds. The third-order valence-corrected chi connectivity index (χ3v) is 9.74. The summed E-state index contributed by atoms with van der Waals surface area (Å²) >= 11 is 0. The maximum atomic E-state index is 5.02. The Morgan fingerprint density at radius 3 is 1.65 bits per heavy atom. The molecule has 0 unspecified atom stereocenters. The van der Waals surface area contributed by atoms with Crippen LogP contribution in [0.2, 0.25) is 0 Å². The van der Waals surface area contributed by atoms with Gasteiger partial charge in [-0.1, -0.05) is 152 Å². The summed E-state index contributed by atoms with van der Waals surface area (Å²) in [7, 11) is 0. The van der Waals surface area contributed by atoms with E-state index < -0.39 is 0 Å². The highest BCUT2D eigenvalue weighted by atomic mass is 15.0. The Bertz CT molecular complexity index is 2650. The summed E-state index contributed by atoms with van der Waals surface area (Å²) in [6, 6.07) is 59.5. The molecule has 0 aliphatic heterocycles. The van der Waals surface area contributed by atoms with E-state index in [9.17, 15) is 0 Å². The minimum Gasteiger partial charge on any atom is -0.308 e. The monoisotopic (exact) mass is 654 g/mol. The third kappa shape index (κ3) is 5.38. The van der Waals surface area contributed by atoms with Gasteiger partial charge in [0.2, 0.25) is 0 Å². The largest absolute Gasteiger partial charge is 0.308 e. The molecule has 2 heterocycles. The maximum Gasteiger partial charge on any atom is 0.164 e. The van der Waals surface area contributed by atoms with Crippen LogP contribution in [0.4, 0.5) is 0 Å². The van der Waals surface area contributed by atoms with Crippen LogP contribution in [0, 0.1) is 13.8 Å². The highest BCUT2D eigenvalue weighted by molar-refractivity contribution is 6.15. The van der Waals surface area contributed by atoms with E-state index in [0.717, 1.165) is 33.5 Å². The van der Waals surface area contributed by atoms with Crippen LogP contribution in [0.3, 0.4) is 0 Å². The second kappa shape index (κ2) is 12.7. The molecule has 0 aliphatic rings. The Morgan fingerprint density at radius 2 is 0.941 bits per heavy atom. The predicted octanol–water partition coefficient (Wildman–Crippen LogP) is 11.9. The topological polar surface area (TPSA) is 43.6 Å². The molecule has 0 spiro atoms. The Kier molecular flexibility index (Phi) is 7.55. The average Bonchev–Trinajstić information content (AvgIpc) is 3.53. The van der Waals surface area contributed by atoms with E-state index in [1.54, 1.807) is 0 Å². The molecule has 4 nitrogen and oxygen atoms in total. The molecule has 9 rings (SSSR count). The van der Waals surface area contributed by atoms with Gasteiger partial charge in [-0.2, -0.15) is 0 Å². The Hall–Kier alpha value is -6.65. The van der Waals surface area contributed by atoms with Gasteiger partial charge in [0.15, 0.2) is 17.5 Å². The molecule has 0 radical (unpaired) electrons. The molecular formula is C47H34N4. The molecule has 51 heavy (non-hydrogen) atoms. The lowest BCUT2D eigenvalue weighted by molar-refractivity contribution is 1.07. The van der Waals surface area contributed by atoms with Gasteiger partial charge in [-0.05, 0) is 54.3 Å². The van der Waals surface area contributed by atoms with E-state index >= 15 is 0 Å². The number of aromatic nitrogens is 4. The maximum absolute atomic E-state index is 5.02. The lowest BCUT2D eigenvalue weighted by Gasteiger charge is -2.18. The zero-order chi connectivity index (χ0) is 34.3. The lowest BCUT2D eigenvalue weighted by Crippen LogP contribution is -2.01. The molecule has 0 bridgehead atoms. The number of nitrogens with zero attached hydrogens (tertiary/aromatic N) is 4. The van der Waals surface area contributed by atoms with Crippen LogP contribution in [0.1, 0.15) is 11.1 Å². The van der Waals surface area contributed by atoms with E-state index in [-0.39, 0.29) is 0 Å². The highest BCUT2D eigenvalue weighted by Crippen LogP contribution is 2.42. The number of para-hydroxylation sites is 2. The van der Waals surface area contributed by atoms with Crippen molar-refractivity contribution in [2.24, 2.45) is 0 Å². The van der Waals surface area contributed by atoms with Crippen LogP contribution < -0.4 is 0 Å². The second-order valence-electron chi connectivity index (χ2n) is 13.0. The molecule has 0 saturated carbocycles. The van der Waals surface area contributed by atoms with E-state index in [1.165, 1.54) is 44.1 Å².